The van der Waals surface area contributed by atoms with Gasteiger partial charge in [0.15, 0.2) is 0 Å². The van der Waals surface area contributed by atoms with Crippen molar-refractivity contribution in [2.75, 3.05) is 6.54 Å². The lowest BCUT2D eigenvalue weighted by atomic mass is 9.95. The van der Waals surface area contributed by atoms with Crippen LogP contribution < -0.4 is 5.43 Å². The summed E-state index contributed by atoms with van der Waals surface area (Å²) < 4.78 is 28.8. The van der Waals surface area contributed by atoms with E-state index in [2.05, 4.69) is 15.5 Å². The van der Waals surface area contributed by atoms with E-state index in [1.165, 1.54) is 10.5 Å². The summed E-state index contributed by atoms with van der Waals surface area (Å²) >= 11 is 0. The van der Waals surface area contributed by atoms with E-state index in [9.17, 15) is 13.2 Å². The first kappa shape index (κ1) is 23.1. The van der Waals surface area contributed by atoms with Gasteiger partial charge in [-0.2, -0.15) is 9.41 Å². The summed E-state index contributed by atoms with van der Waals surface area (Å²) in [5.74, 6) is -0.461. The second-order valence-electron chi connectivity index (χ2n) is 8.15. The first-order valence-corrected chi connectivity index (χ1v) is 12.0. The minimum atomic E-state index is -3.84. The Kier molecular flexibility index (Phi) is 7.56. The molecule has 1 saturated carbocycles. The van der Waals surface area contributed by atoms with E-state index < -0.39 is 15.9 Å². The van der Waals surface area contributed by atoms with Gasteiger partial charge in [0.1, 0.15) is 0 Å². The lowest BCUT2D eigenvalue weighted by Crippen LogP contribution is -2.46. The zero-order chi connectivity index (χ0) is 22.4. The predicted molar refractivity (Wildman–Crippen MR) is 121 cm³/mol. The van der Waals surface area contributed by atoms with E-state index in [1.54, 1.807) is 18.5 Å². The molecule has 1 aliphatic carbocycles. The minimum Gasteiger partial charge on any atom is -0.272 e. The van der Waals surface area contributed by atoms with Gasteiger partial charge in [-0.1, -0.05) is 43.0 Å². The number of carbonyl (C=O) groups excluding carboxylic acids is 1. The van der Waals surface area contributed by atoms with Gasteiger partial charge in [-0.25, -0.2) is 13.8 Å². The average molecular weight is 443 g/mol. The standard InChI is InChI=1S/C23H30N4O3S/c1-17-12-18(2)23(19(3)13-17)31(29,30)27(21-9-5-4-6-10-21)16-22(28)26-25-15-20-8-7-11-24-14-20/h7-8,11-15,21H,4-6,9-10,16H2,1-3H3,(H,26,28)/b25-15+. The molecule has 31 heavy (non-hydrogen) atoms. The largest absolute Gasteiger partial charge is 0.272 e. The second-order valence-corrected chi connectivity index (χ2v) is 9.98. The number of aromatic nitrogens is 1. The van der Waals surface area contributed by atoms with Crippen molar-refractivity contribution in [2.24, 2.45) is 5.10 Å². The van der Waals surface area contributed by atoms with Crippen LogP contribution in [0.25, 0.3) is 0 Å². The molecule has 1 aromatic heterocycles. The summed E-state index contributed by atoms with van der Waals surface area (Å²) in [6.07, 6.45) is 9.29. The fourth-order valence-electron chi connectivity index (χ4n) is 4.28. The molecule has 1 aromatic carbocycles. The van der Waals surface area contributed by atoms with Crippen LogP contribution in [-0.4, -0.2) is 42.4 Å². The molecule has 8 heteroatoms. The number of carbonyl (C=O) groups is 1. The van der Waals surface area contributed by atoms with E-state index in [1.807, 2.05) is 39.0 Å². The van der Waals surface area contributed by atoms with Crippen LogP contribution >= 0.6 is 0 Å². The third-order valence-corrected chi connectivity index (χ3v) is 7.74. The van der Waals surface area contributed by atoms with Crippen LogP contribution in [0.4, 0.5) is 0 Å². The van der Waals surface area contributed by atoms with Gasteiger partial charge in [-0.05, 0) is 50.8 Å². The van der Waals surface area contributed by atoms with Crippen LogP contribution in [0.1, 0.15) is 54.4 Å². The SMILES string of the molecule is Cc1cc(C)c(S(=O)(=O)N(CC(=O)N/N=C/c2cccnc2)C2CCCCC2)c(C)c1. The highest BCUT2D eigenvalue weighted by molar-refractivity contribution is 7.89. The molecular formula is C23H30N4O3S. The van der Waals surface area contributed by atoms with E-state index in [0.29, 0.717) is 16.0 Å². The lowest BCUT2D eigenvalue weighted by Gasteiger charge is -2.33. The van der Waals surface area contributed by atoms with E-state index in [4.69, 9.17) is 0 Å². The van der Waals surface area contributed by atoms with Gasteiger partial charge in [-0.15, -0.1) is 0 Å². The molecule has 1 fully saturated rings. The van der Waals surface area contributed by atoms with Crippen molar-refractivity contribution >= 4 is 22.1 Å². The molecule has 0 unspecified atom stereocenters. The molecule has 0 radical (unpaired) electrons. The van der Waals surface area contributed by atoms with E-state index in [-0.39, 0.29) is 12.6 Å². The third kappa shape index (κ3) is 5.77. The Bertz CT molecular complexity index is 1020. The molecule has 0 atom stereocenters. The van der Waals surface area contributed by atoms with E-state index >= 15 is 0 Å². The van der Waals surface area contributed by atoms with Gasteiger partial charge in [0, 0.05) is 24.0 Å². The average Bonchev–Trinajstić information content (AvgIpc) is 2.72. The van der Waals surface area contributed by atoms with Crippen molar-refractivity contribution in [3.8, 4) is 0 Å². The Labute approximate surface area is 184 Å². The third-order valence-electron chi connectivity index (χ3n) is 5.54. The zero-order valence-electron chi connectivity index (χ0n) is 18.3. The number of nitrogens with one attached hydrogen (secondary N) is 1. The number of hydrogen-bond donors (Lipinski definition) is 1. The van der Waals surface area contributed by atoms with Crippen molar-refractivity contribution in [2.45, 2.75) is 63.8 Å². The van der Waals surface area contributed by atoms with Gasteiger partial charge in [0.2, 0.25) is 10.0 Å². The number of aryl methyl sites for hydroxylation is 3. The van der Waals surface area contributed by atoms with Crippen molar-refractivity contribution < 1.29 is 13.2 Å². The quantitative estimate of drug-likeness (QED) is 0.525. The number of sulfonamides is 1. The van der Waals surface area contributed by atoms with Crippen molar-refractivity contribution in [3.63, 3.8) is 0 Å². The van der Waals surface area contributed by atoms with Crippen molar-refractivity contribution in [1.82, 2.24) is 14.7 Å². The van der Waals surface area contributed by atoms with Crippen LogP contribution in [0.5, 0.6) is 0 Å². The van der Waals surface area contributed by atoms with Crippen LogP contribution in [0, 0.1) is 20.8 Å². The van der Waals surface area contributed by atoms with Crippen LogP contribution in [-0.2, 0) is 14.8 Å². The van der Waals surface area contributed by atoms with Gasteiger partial charge in [-0.3, -0.25) is 9.78 Å². The molecule has 1 N–H and O–H groups in total. The number of hydrazone groups is 1. The topological polar surface area (TPSA) is 91.7 Å². The fourth-order valence-corrected chi connectivity index (χ4v) is 6.33. The van der Waals surface area contributed by atoms with Gasteiger partial charge in [0.25, 0.3) is 5.91 Å². The van der Waals surface area contributed by atoms with Gasteiger partial charge in [0.05, 0.1) is 17.7 Å². The number of amides is 1. The number of rotatable bonds is 7. The van der Waals surface area contributed by atoms with Crippen molar-refractivity contribution in [3.05, 3.63) is 58.9 Å². The highest BCUT2D eigenvalue weighted by Gasteiger charge is 2.35. The monoisotopic (exact) mass is 442 g/mol. The van der Waals surface area contributed by atoms with Gasteiger partial charge < -0.3 is 0 Å². The maximum absolute atomic E-state index is 13.7. The van der Waals surface area contributed by atoms with Crippen molar-refractivity contribution in [1.29, 1.82) is 0 Å². The maximum Gasteiger partial charge on any atom is 0.255 e. The first-order valence-electron chi connectivity index (χ1n) is 10.6. The molecule has 7 nitrogen and oxygen atoms in total. The molecule has 1 heterocycles. The molecular weight excluding hydrogens is 412 g/mol. The summed E-state index contributed by atoms with van der Waals surface area (Å²) in [6.45, 7) is 5.31. The summed E-state index contributed by atoms with van der Waals surface area (Å²) in [5, 5.41) is 3.96. The van der Waals surface area contributed by atoms with Crippen LogP contribution in [0.15, 0.2) is 46.7 Å². The molecule has 2 aromatic rings. The molecule has 0 saturated heterocycles. The Morgan fingerprint density at radius 1 is 1.19 bits per heavy atom. The lowest BCUT2D eigenvalue weighted by molar-refractivity contribution is -0.121. The summed E-state index contributed by atoms with van der Waals surface area (Å²) in [7, 11) is -3.84. The van der Waals surface area contributed by atoms with Crippen LogP contribution in [0.3, 0.4) is 0 Å². The summed E-state index contributed by atoms with van der Waals surface area (Å²) in [5.41, 5.74) is 5.62. The number of hydrogen-bond acceptors (Lipinski definition) is 5. The van der Waals surface area contributed by atoms with E-state index in [0.717, 1.165) is 43.2 Å². The molecule has 166 valence electrons. The summed E-state index contributed by atoms with van der Waals surface area (Å²) in [6, 6.07) is 7.14. The molecule has 1 aliphatic rings. The maximum atomic E-state index is 13.7. The molecule has 3 rings (SSSR count). The number of benzene rings is 1. The highest BCUT2D eigenvalue weighted by atomic mass is 32.2. The number of pyridine rings is 1. The zero-order valence-corrected chi connectivity index (χ0v) is 19.2. The molecule has 1 amide bonds. The second kappa shape index (κ2) is 10.2. The molecule has 0 spiro atoms. The minimum absolute atomic E-state index is 0.188. The smallest absolute Gasteiger partial charge is 0.255 e. The predicted octanol–water partition coefficient (Wildman–Crippen LogP) is 3.48. The Morgan fingerprint density at radius 2 is 1.87 bits per heavy atom. The molecule has 0 aliphatic heterocycles. The Hall–Kier alpha value is -2.58. The Morgan fingerprint density at radius 3 is 2.48 bits per heavy atom. The normalized spacial score (nSPS) is 15.5. The Balaban J connectivity index is 1.84. The fraction of sp³-hybridized carbons (Fsp3) is 0.435. The first-order chi connectivity index (χ1) is 14.8. The highest BCUT2D eigenvalue weighted by Crippen LogP contribution is 2.31. The molecule has 0 bridgehead atoms. The van der Waals surface area contributed by atoms with Crippen LogP contribution in [0.2, 0.25) is 0 Å². The summed E-state index contributed by atoms with van der Waals surface area (Å²) in [4.78, 5) is 16.9. The number of nitrogens with zero attached hydrogens (tertiary/aromatic N) is 3. The van der Waals surface area contributed by atoms with Gasteiger partial charge >= 0.3 is 0 Å².